The highest BCUT2D eigenvalue weighted by atomic mass is 32.1. The molecule has 4 aromatic rings. The van der Waals surface area contributed by atoms with Crippen LogP contribution in [0.2, 0.25) is 0 Å². The van der Waals surface area contributed by atoms with Crippen molar-refractivity contribution >= 4 is 17.4 Å². The summed E-state index contributed by atoms with van der Waals surface area (Å²) >= 11 is 1.18. The Bertz CT molecular complexity index is 1170. The van der Waals surface area contributed by atoms with Crippen molar-refractivity contribution in [3.05, 3.63) is 95.6 Å². The lowest BCUT2D eigenvalue weighted by Gasteiger charge is -2.10. The summed E-state index contributed by atoms with van der Waals surface area (Å²) in [4.78, 5) is 21.2. The van der Waals surface area contributed by atoms with Crippen molar-refractivity contribution < 1.29 is 14.3 Å². The number of methoxy groups -OCH3 is 1. The summed E-state index contributed by atoms with van der Waals surface area (Å²) in [7, 11) is 1.53. The summed E-state index contributed by atoms with van der Waals surface area (Å²) in [6.45, 7) is 0.491. The number of benzene rings is 2. The maximum absolute atomic E-state index is 12.5. The molecule has 0 bridgehead atoms. The van der Waals surface area contributed by atoms with E-state index in [0.29, 0.717) is 47.5 Å². The molecule has 2 heterocycles. The van der Waals surface area contributed by atoms with Crippen LogP contribution in [0, 0.1) is 0 Å². The van der Waals surface area contributed by atoms with E-state index in [1.165, 1.54) is 18.6 Å². The van der Waals surface area contributed by atoms with Crippen LogP contribution in [0.5, 0.6) is 16.7 Å². The predicted octanol–water partition coefficient (Wildman–Crippen LogP) is 4.30. The number of pyridine rings is 1. The molecule has 0 aliphatic heterocycles. The van der Waals surface area contributed by atoms with E-state index in [1.807, 2.05) is 48.5 Å². The van der Waals surface area contributed by atoms with Gasteiger partial charge in [-0.1, -0.05) is 36.4 Å². The first-order chi connectivity index (χ1) is 15.7. The Morgan fingerprint density at radius 2 is 1.88 bits per heavy atom. The summed E-state index contributed by atoms with van der Waals surface area (Å²) < 4.78 is 15.7. The minimum Gasteiger partial charge on any atom is -0.493 e. The molecule has 0 atom stereocenters. The van der Waals surface area contributed by atoms with Crippen LogP contribution in [0.25, 0.3) is 0 Å². The van der Waals surface area contributed by atoms with Crippen molar-refractivity contribution in [2.24, 2.45) is 0 Å². The van der Waals surface area contributed by atoms with Crippen LogP contribution in [0.1, 0.15) is 27.4 Å². The number of nitrogens with zero attached hydrogens (tertiary/aromatic N) is 3. The van der Waals surface area contributed by atoms with E-state index in [1.54, 1.807) is 24.4 Å². The van der Waals surface area contributed by atoms with Crippen LogP contribution in [-0.2, 0) is 12.8 Å². The third kappa shape index (κ3) is 5.67. The van der Waals surface area contributed by atoms with E-state index >= 15 is 0 Å². The SMILES string of the molecule is COc1cc(C(=O)NCCc2ccccn2)ccc1Oc1nc(Cc2ccccc2)ns1. The topological polar surface area (TPSA) is 86.2 Å². The fourth-order valence-electron chi connectivity index (χ4n) is 3.07. The zero-order valence-corrected chi connectivity index (χ0v) is 18.3. The molecule has 4 rings (SSSR count). The van der Waals surface area contributed by atoms with Crippen LogP contribution < -0.4 is 14.8 Å². The molecule has 0 saturated heterocycles. The molecule has 0 unspecified atom stereocenters. The van der Waals surface area contributed by atoms with Gasteiger partial charge in [0.05, 0.1) is 7.11 Å². The Morgan fingerprint density at radius 1 is 1.03 bits per heavy atom. The van der Waals surface area contributed by atoms with Gasteiger partial charge in [-0.15, -0.1) is 0 Å². The fraction of sp³-hybridized carbons (Fsp3) is 0.167. The number of hydrogen-bond acceptors (Lipinski definition) is 7. The zero-order chi connectivity index (χ0) is 22.2. The lowest BCUT2D eigenvalue weighted by atomic mass is 10.1. The highest BCUT2D eigenvalue weighted by Crippen LogP contribution is 2.33. The number of ether oxygens (including phenoxy) is 2. The van der Waals surface area contributed by atoms with E-state index in [2.05, 4.69) is 19.7 Å². The number of aromatic nitrogens is 3. The highest BCUT2D eigenvalue weighted by molar-refractivity contribution is 7.07. The second kappa shape index (κ2) is 10.5. The van der Waals surface area contributed by atoms with Gasteiger partial charge in [-0.2, -0.15) is 9.36 Å². The molecule has 7 nitrogen and oxygen atoms in total. The first-order valence-electron chi connectivity index (χ1n) is 10.1. The zero-order valence-electron chi connectivity index (χ0n) is 17.5. The summed E-state index contributed by atoms with van der Waals surface area (Å²) in [6, 6.07) is 20.8. The summed E-state index contributed by atoms with van der Waals surface area (Å²) in [5, 5.41) is 3.32. The Hall–Kier alpha value is -3.78. The molecule has 1 amide bonds. The average Bonchev–Trinajstić information content (AvgIpc) is 3.27. The third-order valence-electron chi connectivity index (χ3n) is 4.67. The summed E-state index contributed by atoms with van der Waals surface area (Å²) in [5.74, 6) is 1.42. The van der Waals surface area contributed by atoms with Crippen LogP contribution in [0.15, 0.2) is 72.9 Å². The molecule has 1 N–H and O–H groups in total. The molecule has 2 aromatic heterocycles. The van der Waals surface area contributed by atoms with Crippen molar-refractivity contribution in [3.8, 4) is 16.7 Å². The van der Waals surface area contributed by atoms with Crippen LogP contribution in [0.3, 0.4) is 0 Å². The minimum atomic E-state index is -0.188. The van der Waals surface area contributed by atoms with Crippen molar-refractivity contribution in [2.75, 3.05) is 13.7 Å². The minimum absolute atomic E-state index is 0.188. The third-order valence-corrected chi connectivity index (χ3v) is 5.30. The molecule has 0 spiro atoms. The molecule has 2 aromatic carbocycles. The molecule has 162 valence electrons. The molecule has 32 heavy (non-hydrogen) atoms. The molecular weight excluding hydrogens is 424 g/mol. The predicted molar refractivity (Wildman–Crippen MR) is 122 cm³/mol. The van der Waals surface area contributed by atoms with Gasteiger partial charge < -0.3 is 14.8 Å². The lowest BCUT2D eigenvalue weighted by molar-refractivity contribution is 0.0953. The first kappa shape index (κ1) is 21.5. The van der Waals surface area contributed by atoms with Gasteiger partial charge in [0, 0.05) is 48.4 Å². The molecule has 0 aliphatic carbocycles. The van der Waals surface area contributed by atoms with Crippen LogP contribution >= 0.6 is 11.5 Å². The number of rotatable bonds is 9. The second-order valence-electron chi connectivity index (χ2n) is 6.93. The largest absolute Gasteiger partial charge is 0.493 e. The van der Waals surface area contributed by atoms with Gasteiger partial charge in [-0.25, -0.2) is 0 Å². The molecule has 0 saturated carbocycles. The monoisotopic (exact) mass is 446 g/mol. The smallest absolute Gasteiger partial charge is 0.298 e. The summed E-state index contributed by atoms with van der Waals surface area (Å²) in [6.07, 6.45) is 3.03. The highest BCUT2D eigenvalue weighted by Gasteiger charge is 2.14. The quantitative estimate of drug-likeness (QED) is 0.413. The Kier molecular flexibility index (Phi) is 7.04. The van der Waals surface area contributed by atoms with Crippen molar-refractivity contribution in [2.45, 2.75) is 12.8 Å². The number of amides is 1. The number of carbonyl (C=O) groups is 1. The van der Waals surface area contributed by atoms with E-state index in [4.69, 9.17) is 9.47 Å². The number of carbonyl (C=O) groups excluding carboxylic acids is 1. The molecule has 8 heteroatoms. The lowest BCUT2D eigenvalue weighted by Crippen LogP contribution is -2.25. The van der Waals surface area contributed by atoms with E-state index < -0.39 is 0 Å². The van der Waals surface area contributed by atoms with E-state index in [0.717, 1.165) is 11.3 Å². The number of nitrogens with one attached hydrogen (secondary N) is 1. The van der Waals surface area contributed by atoms with E-state index in [-0.39, 0.29) is 5.91 Å². The van der Waals surface area contributed by atoms with E-state index in [9.17, 15) is 4.79 Å². The van der Waals surface area contributed by atoms with Gasteiger partial charge in [-0.3, -0.25) is 9.78 Å². The number of hydrogen-bond donors (Lipinski definition) is 1. The molecule has 0 fully saturated rings. The maximum atomic E-state index is 12.5. The Balaban J connectivity index is 1.37. The maximum Gasteiger partial charge on any atom is 0.298 e. The standard InChI is InChI=1S/C24H22N4O3S/c1-30-21-16-18(23(29)26-14-12-19-9-5-6-13-25-19)10-11-20(21)31-24-27-22(28-32-24)15-17-7-3-2-4-8-17/h2-11,13,16H,12,14-15H2,1H3,(H,26,29). The van der Waals surface area contributed by atoms with Gasteiger partial charge >= 0.3 is 0 Å². The first-order valence-corrected chi connectivity index (χ1v) is 10.9. The van der Waals surface area contributed by atoms with Gasteiger partial charge in [0.25, 0.3) is 11.1 Å². The van der Waals surface area contributed by atoms with Crippen molar-refractivity contribution in [3.63, 3.8) is 0 Å². The Labute approximate surface area is 190 Å². The van der Waals surface area contributed by atoms with Gasteiger partial charge in [-0.05, 0) is 35.9 Å². The van der Waals surface area contributed by atoms with Crippen molar-refractivity contribution in [1.29, 1.82) is 0 Å². The van der Waals surface area contributed by atoms with Gasteiger partial charge in [0.2, 0.25) is 0 Å². The average molecular weight is 447 g/mol. The van der Waals surface area contributed by atoms with Gasteiger partial charge in [0.1, 0.15) is 0 Å². The molecule has 0 radical (unpaired) electrons. The van der Waals surface area contributed by atoms with Crippen molar-refractivity contribution in [1.82, 2.24) is 19.7 Å². The second-order valence-corrected chi connectivity index (χ2v) is 7.65. The molecule has 0 aliphatic rings. The fourth-order valence-corrected chi connectivity index (χ4v) is 3.63. The van der Waals surface area contributed by atoms with Crippen LogP contribution in [-0.4, -0.2) is 33.9 Å². The Morgan fingerprint density at radius 3 is 2.66 bits per heavy atom. The molecular formula is C24H22N4O3S. The summed E-state index contributed by atoms with van der Waals surface area (Å²) in [5.41, 5.74) is 2.54. The van der Waals surface area contributed by atoms with Gasteiger partial charge in [0.15, 0.2) is 17.3 Å². The van der Waals surface area contributed by atoms with Crippen LogP contribution in [0.4, 0.5) is 0 Å². The normalized spacial score (nSPS) is 10.5.